The Morgan fingerprint density at radius 1 is 0.963 bits per heavy atom. The van der Waals surface area contributed by atoms with Gasteiger partial charge in [-0.05, 0) is 48.9 Å². The Hall–Kier alpha value is -1.88. The Balaban J connectivity index is 1.29. The third-order valence-electron chi connectivity index (χ3n) is 5.64. The summed E-state index contributed by atoms with van der Waals surface area (Å²) < 4.78 is 17.6. The molecule has 2 aromatic rings. The fourth-order valence-corrected chi connectivity index (χ4v) is 4.04. The van der Waals surface area contributed by atoms with Crippen molar-refractivity contribution < 1.29 is 14.2 Å². The largest absolute Gasteiger partial charge is 0.489 e. The standard InChI is InChI=1S/C23H29NO3/c1-2-5-19(6-3-1)18-26-22-8-4-7-20(15-22)17-24-21-9-12-27-23(16-21)10-13-25-14-11-23/h1-8,15,21,24H,9-14,16-18H2. The van der Waals surface area contributed by atoms with Crippen LogP contribution in [-0.2, 0) is 22.6 Å². The third-order valence-corrected chi connectivity index (χ3v) is 5.64. The van der Waals surface area contributed by atoms with Gasteiger partial charge >= 0.3 is 0 Å². The maximum absolute atomic E-state index is 6.14. The molecule has 0 amide bonds. The molecule has 1 unspecified atom stereocenters. The Bertz CT molecular complexity index is 707. The van der Waals surface area contributed by atoms with Gasteiger partial charge in [0.2, 0.25) is 0 Å². The number of hydrogen-bond donors (Lipinski definition) is 1. The monoisotopic (exact) mass is 367 g/mol. The zero-order valence-electron chi connectivity index (χ0n) is 15.9. The van der Waals surface area contributed by atoms with E-state index < -0.39 is 0 Å². The van der Waals surface area contributed by atoms with E-state index >= 15 is 0 Å². The fraction of sp³-hybridized carbons (Fsp3) is 0.478. The summed E-state index contributed by atoms with van der Waals surface area (Å²) in [6.45, 7) is 3.96. The zero-order valence-corrected chi connectivity index (χ0v) is 15.9. The summed E-state index contributed by atoms with van der Waals surface area (Å²) in [5, 5.41) is 3.73. The van der Waals surface area contributed by atoms with Gasteiger partial charge in [-0.1, -0.05) is 42.5 Å². The number of ether oxygens (including phenoxy) is 3. The van der Waals surface area contributed by atoms with Crippen LogP contribution in [0, 0.1) is 0 Å². The highest BCUT2D eigenvalue weighted by atomic mass is 16.5. The van der Waals surface area contributed by atoms with E-state index in [0.717, 1.165) is 57.8 Å². The van der Waals surface area contributed by atoms with Crippen LogP contribution in [0.4, 0.5) is 0 Å². The molecule has 2 aromatic carbocycles. The first-order valence-electron chi connectivity index (χ1n) is 10.0. The van der Waals surface area contributed by atoms with Crippen molar-refractivity contribution >= 4 is 0 Å². The predicted octanol–water partition coefficient (Wildman–Crippen LogP) is 4.08. The second-order valence-corrected chi connectivity index (χ2v) is 7.64. The van der Waals surface area contributed by atoms with Crippen molar-refractivity contribution in [3.8, 4) is 5.75 Å². The van der Waals surface area contributed by atoms with Crippen LogP contribution in [0.2, 0.25) is 0 Å². The zero-order chi connectivity index (χ0) is 18.4. The van der Waals surface area contributed by atoms with Crippen LogP contribution < -0.4 is 10.1 Å². The lowest BCUT2D eigenvalue weighted by Crippen LogP contribution is -2.49. The molecule has 2 fully saturated rings. The molecule has 1 N–H and O–H groups in total. The number of hydrogen-bond acceptors (Lipinski definition) is 4. The van der Waals surface area contributed by atoms with Gasteiger partial charge in [0.15, 0.2) is 0 Å². The fourth-order valence-electron chi connectivity index (χ4n) is 4.04. The van der Waals surface area contributed by atoms with E-state index in [4.69, 9.17) is 14.2 Å². The second-order valence-electron chi connectivity index (χ2n) is 7.64. The summed E-state index contributed by atoms with van der Waals surface area (Å²) in [5.41, 5.74) is 2.48. The Morgan fingerprint density at radius 2 is 1.78 bits per heavy atom. The Kier molecular flexibility index (Phi) is 6.07. The molecular formula is C23H29NO3. The van der Waals surface area contributed by atoms with Crippen LogP contribution in [0.15, 0.2) is 54.6 Å². The molecule has 144 valence electrons. The molecule has 0 bridgehead atoms. The maximum Gasteiger partial charge on any atom is 0.120 e. The highest BCUT2D eigenvalue weighted by molar-refractivity contribution is 5.29. The molecule has 0 aromatic heterocycles. The summed E-state index contributed by atoms with van der Waals surface area (Å²) in [4.78, 5) is 0. The topological polar surface area (TPSA) is 39.7 Å². The Labute approximate surface area is 161 Å². The van der Waals surface area contributed by atoms with Gasteiger partial charge in [-0.3, -0.25) is 0 Å². The normalized spacial score (nSPS) is 21.9. The lowest BCUT2D eigenvalue weighted by Gasteiger charge is -2.43. The quantitative estimate of drug-likeness (QED) is 0.835. The molecule has 1 atom stereocenters. The van der Waals surface area contributed by atoms with E-state index in [0.29, 0.717) is 12.6 Å². The van der Waals surface area contributed by atoms with Gasteiger partial charge in [-0.15, -0.1) is 0 Å². The highest BCUT2D eigenvalue weighted by Gasteiger charge is 2.38. The van der Waals surface area contributed by atoms with Crippen LogP contribution in [0.1, 0.15) is 36.8 Å². The van der Waals surface area contributed by atoms with Crippen LogP contribution in [0.3, 0.4) is 0 Å². The number of benzene rings is 2. The van der Waals surface area contributed by atoms with Crippen molar-refractivity contribution in [2.24, 2.45) is 0 Å². The van der Waals surface area contributed by atoms with Gasteiger partial charge in [-0.25, -0.2) is 0 Å². The summed E-state index contributed by atoms with van der Waals surface area (Å²) in [6.07, 6.45) is 4.20. The highest BCUT2D eigenvalue weighted by Crippen LogP contribution is 2.34. The minimum Gasteiger partial charge on any atom is -0.489 e. The van der Waals surface area contributed by atoms with Crippen molar-refractivity contribution in [2.75, 3.05) is 19.8 Å². The first kappa shape index (κ1) is 18.5. The first-order chi connectivity index (χ1) is 13.3. The minimum absolute atomic E-state index is 0.0365. The maximum atomic E-state index is 6.14. The van der Waals surface area contributed by atoms with Gasteiger partial charge < -0.3 is 19.5 Å². The van der Waals surface area contributed by atoms with E-state index in [-0.39, 0.29) is 5.60 Å². The smallest absolute Gasteiger partial charge is 0.120 e. The van der Waals surface area contributed by atoms with Crippen LogP contribution in [-0.4, -0.2) is 31.5 Å². The minimum atomic E-state index is 0.0365. The average molecular weight is 367 g/mol. The van der Waals surface area contributed by atoms with Crippen molar-refractivity contribution in [3.05, 3.63) is 65.7 Å². The first-order valence-corrected chi connectivity index (χ1v) is 10.0. The molecule has 4 rings (SSSR count). The molecule has 0 aliphatic carbocycles. The van der Waals surface area contributed by atoms with Crippen LogP contribution >= 0.6 is 0 Å². The average Bonchev–Trinajstić information content (AvgIpc) is 2.73. The summed E-state index contributed by atoms with van der Waals surface area (Å²) in [5.74, 6) is 0.922. The van der Waals surface area contributed by atoms with Crippen molar-refractivity contribution in [2.45, 2.75) is 50.5 Å². The number of rotatable bonds is 6. The van der Waals surface area contributed by atoms with Gasteiger partial charge in [0.05, 0.1) is 5.60 Å². The van der Waals surface area contributed by atoms with Gasteiger partial charge in [0.1, 0.15) is 12.4 Å². The van der Waals surface area contributed by atoms with Gasteiger partial charge in [0.25, 0.3) is 0 Å². The lowest BCUT2D eigenvalue weighted by atomic mass is 9.84. The molecule has 4 heteroatoms. The third kappa shape index (κ3) is 5.10. The molecule has 0 saturated carbocycles. The molecule has 2 aliphatic heterocycles. The Morgan fingerprint density at radius 3 is 2.63 bits per heavy atom. The molecular weight excluding hydrogens is 338 g/mol. The van der Waals surface area contributed by atoms with E-state index in [1.165, 1.54) is 11.1 Å². The summed E-state index contributed by atoms with van der Waals surface area (Å²) in [7, 11) is 0. The molecule has 4 nitrogen and oxygen atoms in total. The second kappa shape index (κ2) is 8.87. The number of nitrogens with one attached hydrogen (secondary N) is 1. The SMILES string of the molecule is c1ccc(COc2cccc(CNC3CCOC4(CCOCC4)C3)c2)cc1. The molecule has 0 radical (unpaired) electrons. The van der Waals surface area contributed by atoms with Crippen LogP contribution in [0.5, 0.6) is 5.75 Å². The van der Waals surface area contributed by atoms with Gasteiger partial charge in [-0.2, -0.15) is 0 Å². The molecule has 2 aliphatic rings. The van der Waals surface area contributed by atoms with E-state index in [2.05, 4.69) is 35.6 Å². The van der Waals surface area contributed by atoms with Crippen LogP contribution in [0.25, 0.3) is 0 Å². The van der Waals surface area contributed by atoms with E-state index in [1.54, 1.807) is 0 Å². The predicted molar refractivity (Wildman–Crippen MR) is 106 cm³/mol. The van der Waals surface area contributed by atoms with Gasteiger partial charge in [0, 0.05) is 32.4 Å². The van der Waals surface area contributed by atoms with E-state index in [1.807, 2.05) is 24.3 Å². The molecule has 2 saturated heterocycles. The molecule has 2 heterocycles. The van der Waals surface area contributed by atoms with Crippen molar-refractivity contribution in [1.29, 1.82) is 0 Å². The summed E-state index contributed by atoms with van der Waals surface area (Å²) in [6, 6.07) is 19.2. The summed E-state index contributed by atoms with van der Waals surface area (Å²) >= 11 is 0. The van der Waals surface area contributed by atoms with Crippen molar-refractivity contribution in [3.63, 3.8) is 0 Å². The molecule has 27 heavy (non-hydrogen) atoms. The molecule has 1 spiro atoms. The lowest BCUT2D eigenvalue weighted by molar-refractivity contribution is -0.140. The van der Waals surface area contributed by atoms with E-state index in [9.17, 15) is 0 Å². The van der Waals surface area contributed by atoms with Crippen molar-refractivity contribution in [1.82, 2.24) is 5.32 Å².